The molecule has 140 valence electrons. The smallest absolute Gasteiger partial charge is 0.0946 e. The predicted octanol–water partition coefficient (Wildman–Crippen LogP) is 5.92. The molecule has 0 bridgehead atoms. The SMILES string of the molecule is Clc1ccc(CCC(Cn2ccnc2)OCC=Cc2ccccc2)c(Cl)c1. The number of imidazole rings is 1. The molecule has 0 amide bonds. The van der Waals surface area contributed by atoms with Crippen molar-refractivity contribution >= 4 is 29.3 Å². The van der Waals surface area contributed by atoms with Crippen LogP contribution >= 0.6 is 23.2 Å². The molecule has 3 aromatic rings. The first-order chi connectivity index (χ1) is 13.2. The summed E-state index contributed by atoms with van der Waals surface area (Å²) in [4.78, 5) is 4.11. The van der Waals surface area contributed by atoms with Gasteiger partial charge in [0.25, 0.3) is 0 Å². The van der Waals surface area contributed by atoms with Gasteiger partial charge in [-0.25, -0.2) is 4.98 Å². The van der Waals surface area contributed by atoms with E-state index >= 15 is 0 Å². The van der Waals surface area contributed by atoms with Crippen molar-refractivity contribution in [3.8, 4) is 0 Å². The van der Waals surface area contributed by atoms with Gasteiger partial charge < -0.3 is 9.30 Å². The zero-order valence-electron chi connectivity index (χ0n) is 15.0. The van der Waals surface area contributed by atoms with Gasteiger partial charge in [-0.3, -0.25) is 0 Å². The van der Waals surface area contributed by atoms with Gasteiger partial charge in [-0.15, -0.1) is 0 Å². The minimum Gasteiger partial charge on any atom is -0.372 e. The van der Waals surface area contributed by atoms with Crippen molar-refractivity contribution < 1.29 is 4.74 Å². The standard InChI is InChI=1S/C22H22Cl2N2O/c23-20-10-8-19(22(24)15-20)9-11-21(16-26-13-12-25-17-26)27-14-4-7-18-5-2-1-3-6-18/h1-8,10,12-13,15,17,21H,9,11,14,16H2. The van der Waals surface area contributed by atoms with E-state index in [4.69, 9.17) is 27.9 Å². The van der Waals surface area contributed by atoms with Gasteiger partial charge >= 0.3 is 0 Å². The fourth-order valence-corrected chi connectivity index (χ4v) is 3.34. The summed E-state index contributed by atoms with van der Waals surface area (Å²) in [5, 5.41) is 1.36. The van der Waals surface area contributed by atoms with E-state index in [1.807, 2.05) is 53.5 Å². The van der Waals surface area contributed by atoms with Crippen molar-refractivity contribution in [2.24, 2.45) is 0 Å². The second-order valence-corrected chi connectivity index (χ2v) is 7.15. The zero-order chi connectivity index (χ0) is 18.9. The number of rotatable bonds is 9. The van der Waals surface area contributed by atoms with Gasteiger partial charge in [0.1, 0.15) is 0 Å². The van der Waals surface area contributed by atoms with Crippen molar-refractivity contribution in [2.45, 2.75) is 25.5 Å². The van der Waals surface area contributed by atoms with E-state index < -0.39 is 0 Å². The fraction of sp³-hybridized carbons (Fsp3) is 0.227. The first-order valence-electron chi connectivity index (χ1n) is 8.93. The molecule has 0 aliphatic heterocycles. The molecule has 1 atom stereocenters. The van der Waals surface area contributed by atoms with Gasteiger partial charge in [0, 0.05) is 29.0 Å². The molecule has 0 fully saturated rings. The molecule has 0 saturated heterocycles. The van der Waals surface area contributed by atoms with Crippen LogP contribution < -0.4 is 0 Å². The summed E-state index contributed by atoms with van der Waals surface area (Å²) in [5.74, 6) is 0. The van der Waals surface area contributed by atoms with Crippen LogP contribution in [0.5, 0.6) is 0 Å². The number of aryl methyl sites for hydroxylation is 1. The van der Waals surface area contributed by atoms with E-state index in [2.05, 4.69) is 23.2 Å². The van der Waals surface area contributed by atoms with E-state index in [0.717, 1.165) is 24.9 Å². The molecule has 0 aliphatic rings. The number of benzene rings is 2. The Kier molecular flexibility index (Phi) is 7.52. The van der Waals surface area contributed by atoms with Crippen LogP contribution in [0.2, 0.25) is 10.0 Å². The molecular formula is C22H22Cl2N2O. The average Bonchev–Trinajstić information content (AvgIpc) is 3.18. The Hall–Kier alpha value is -2.07. The minimum absolute atomic E-state index is 0.0615. The number of hydrogen-bond acceptors (Lipinski definition) is 2. The maximum Gasteiger partial charge on any atom is 0.0946 e. The first kappa shape index (κ1) is 19.7. The normalized spacial score (nSPS) is 12.5. The van der Waals surface area contributed by atoms with E-state index in [1.165, 1.54) is 5.56 Å². The molecular weight excluding hydrogens is 379 g/mol. The topological polar surface area (TPSA) is 27.1 Å². The highest BCUT2D eigenvalue weighted by molar-refractivity contribution is 6.35. The highest BCUT2D eigenvalue weighted by Crippen LogP contribution is 2.23. The van der Waals surface area contributed by atoms with E-state index in [0.29, 0.717) is 16.7 Å². The molecule has 3 nitrogen and oxygen atoms in total. The third-order valence-electron chi connectivity index (χ3n) is 4.26. The summed E-state index contributed by atoms with van der Waals surface area (Å²) < 4.78 is 8.15. The van der Waals surface area contributed by atoms with Crippen LogP contribution in [0.15, 0.2) is 73.3 Å². The molecule has 0 aliphatic carbocycles. The van der Waals surface area contributed by atoms with Crippen LogP contribution in [0.25, 0.3) is 6.08 Å². The Balaban J connectivity index is 1.57. The van der Waals surface area contributed by atoms with Crippen molar-refractivity contribution in [1.82, 2.24) is 9.55 Å². The predicted molar refractivity (Wildman–Crippen MR) is 112 cm³/mol. The van der Waals surface area contributed by atoms with Gasteiger partial charge in [-0.05, 0) is 36.1 Å². The Labute approximate surface area is 170 Å². The second kappa shape index (κ2) is 10.3. The number of aromatic nitrogens is 2. The van der Waals surface area contributed by atoms with Gasteiger partial charge in [0.05, 0.1) is 19.0 Å². The van der Waals surface area contributed by atoms with Crippen molar-refractivity contribution in [2.75, 3.05) is 6.61 Å². The third kappa shape index (κ3) is 6.55. The highest BCUT2D eigenvalue weighted by atomic mass is 35.5. The molecule has 2 aromatic carbocycles. The molecule has 0 saturated carbocycles. The number of halogens is 2. The summed E-state index contributed by atoms with van der Waals surface area (Å²) in [7, 11) is 0. The van der Waals surface area contributed by atoms with Gasteiger partial charge in [-0.1, -0.05) is 71.8 Å². The van der Waals surface area contributed by atoms with Crippen molar-refractivity contribution in [3.63, 3.8) is 0 Å². The Morgan fingerprint density at radius 2 is 1.96 bits per heavy atom. The molecule has 0 radical (unpaired) electrons. The molecule has 1 unspecified atom stereocenters. The minimum atomic E-state index is 0.0615. The lowest BCUT2D eigenvalue weighted by atomic mass is 10.1. The van der Waals surface area contributed by atoms with Gasteiger partial charge in [0.15, 0.2) is 0 Å². The van der Waals surface area contributed by atoms with Crippen LogP contribution in [-0.2, 0) is 17.7 Å². The third-order valence-corrected chi connectivity index (χ3v) is 4.85. The number of nitrogens with zero attached hydrogens (tertiary/aromatic N) is 2. The summed E-state index contributed by atoms with van der Waals surface area (Å²) in [6.45, 7) is 1.31. The number of hydrogen-bond donors (Lipinski definition) is 0. The van der Waals surface area contributed by atoms with Crippen LogP contribution in [0.3, 0.4) is 0 Å². The Morgan fingerprint density at radius 1 is 1.11 bits per heavy atom. The van der Waals surface area contributed by atoms with E-state index in [9.17, 15) is 0 Å². The van der Waals surface area contributed by atoms with E-state index in [-0.39, 0.29) is 6.10 Å². The van der Waals surface area contributed by atoms with Crippen LogP contribution in [-0.4, -0.2) is 22.3 Å². The summed E-state index contributed by atoms with van der Waals surface area (Å²) in [6.07, 6.45) is 11.4. The van der Waals surface area contributed by atoms with Crippen molar-refractivity contribution in [3.05, 3.63) is 94.5 Å². The maximum atomic E-state index is 6.30. The van der Waals surface area contributed by atoms with Crippen LogP contribution in [0.4, 0.5) is 0 Å². The molecule has 27 heavy (non-hydrogen) atoms. The monoisotopic (exact) mass is 400 g/mol. The first-order valence-corrected chi connectivity index (χ1v) is 9.69. The van der Waals surface area contributed by atoms with Gasteiger partial charge in [0.2, 0.25) is 0 Å². The lowest BCUT2D eigenvalue weighted by molar-refractivity contribution is 0.0553. The van der Waals surface area contributed by atoms with Crippen LogP contribution in [0, 0.1) is 0 Å². The summed E-state index contributed by atoms with van der Waals surface area (Å²) in [5.41, 5.74) is 2.25. The maximum absolute atomic E-state index is 6.30. The second-order valence-electron chi connectivity index (χ2n) is 6.30. The molecule has 3 rings (SSSR count). The van der Waals surface area contributed by atoms with Crippen molar-refractivity contribution in [1.29, 1.82) is 0 Å². The number of ether oxygens (including phenoxy) is 1. The molecule has 0 spiro atoms. The largest absolute Gasteiger partial charge is 0.372 e. The Morgan fingerprint density at radius 3 is 2.70 bits per heavy atom. The molecule has 0 N–H and O–H groups in total. The van der Waals surface area contributed by atoms with Crippen LogP contribution in [0.1, 0.15) is 17.5 Å². The summed E-state index contributed by atoms with van der Waals surface area (Å²) in [6, 6.07) is 15.8. The summed E-state index contributed by atoms with van der Waals surface area (Å²) >= 11 is 12.3. The molecule has 1 heterocycles. The van der Waals surface area contributed by atoms with Gasteiger partial charge in [-0.2, -0.15) is 0 Å². The molecule has 1 aromatic heterocycles. The average molecular weight is 401 g/mol. The highest BCUT2D eigenvalue weighted by Gasteiger charge is 2.11. The quantitative estimate of drug-likeness (QED) is 0.445. The lowest BCUT2D eigenvalue weighted by Gasteiger charge is -2.18. The molecule has 5 heteroatoms. The zero-order valence-corrected chi connectivity index (χ0v) is 16.5. The van der Waals surface area contributed by atoms with E-state index in [1.54, 1.807) is 12.3 Å². The Bertz CT molecular complexity index is 848. The fourth-order valence-electron chi connectivity index (χ4n) is 2.84. The lowest BCUT2D eigenvalue weighted by Crippen LogP contribution is -2.20.